The van der Waals surface area contributed by atoms with E-state index in [9.17, 15) is 4.79 Å². The Bertz CT molecular complexity index is 273. The monoisotopic (exact) mass is 216 g/mol. The van der Waals surface area contributed by atoms with Crippen LogP contribution < -0.4 is 0 Å². The van der Waals surface area contributed by atoms with E-state index in [1.807, 2.05) is 0 Å². The molecule has 0 amide bonds. The zero-order valence-corrected chi connectivity index (χ0v) is 7.00. The van der Waals surface area contributed by atoms with Crippen molar-refractivity contribution < 1.29 is 15.0 Å². The molecule has 58 valence electrons. The van der Waals surface area contributed by atoms with Gasteiger partial charge in [0.15, 0.2) is 6.29 Å². The number of phenols is 2. The number of hydrogen-bond acceptors (Lipinski definition) is 3. The minimum atomic E-state index is -0.230. The molecular weight excluding hydrogens is 212 g/mol. The lowest BCUT2D eigenvalue weighted by molar-refractivity contribution is 0.111. The van der Waals surface area contributed by atoms with E-state index in [-0.39, 0.29) is 17.1 Å². The van der Waals surface area contributed by atoms with Crippen LogP contribution in [0.15, 0.2) is 16.6 Å². The predicted molar refractivity (Wildman–Crippen MR) is 42.9 cm³/mol. The minimum absolute atomic E-state index is 0.0896. The number of carbonyl (C=O) groups is 1. The summed E-state index contributed by atoms with van der Waals surface area (Å²) >= 11 is 3.04. The SMILES string of the molecule is O=Cc1c(O)cc(Br)cc1O. The van der Waals surface area contributed by atoms with Crippen molar-refractivity contribution in [1.82, 2.24) is 0 Å². The zero-order chi connectivity index (χ0) is 8.43. The molecule has 2 N–H and O–H groups in total. The largest absolute Gasteiger partial charge is 0.507 e. The maximum Gasteiger partial charge on any atom is 0.157 e. The second-order valence-corrected chi connectivity index (χ2v) is 2.89. The molecule has 1 rings (SSSR count). The maximum atomic E-state index is 10.2. The highest BCUT2D eigenvalue weighted by atomic mass is 79.9. The van der Waals surface area contributed by atoms with Crippen LogP contribution >= 0.6 is 15.9 Å². The Balaban J connectivity index is 3.36. The predicted octanol–water partition coefficient (Wildman–Crippen LogP) is 1.67. The van der Waals surface area contributed by atoms with E-state index >= 15 is 0 Å². The molecule has 0 saturated carbocycles. The first-order chi connectivity index (χ1) is 5.15. The Morgan fingerprint density at radius 1 is 1.27 bits per heavy atom. The molecule has 0 aliphatic heterocycles. The van der Waals surface area contributed by atoms with Crippen molar-refractivity contribution in [2.24, 2.45) is 0 Å². The van der Waals surface area contributed by atoms with Gasteiger partial charge in [-0.25, -0.2) is 0 Å². The number of hydrogen-bond donors (Lipinski definition) is 2. The molecule has 3 nitrogen and oxygen atoms in total. The summed E-state index contributed by atoms with van der Waals surface area (Å²) in [5.41, 5.74) is -0.0896. The molecule has 0 aliphatic rings. The summed E-state index contributed by atoms with van der Waals surface area (Å²) in [4.78, 5) is 10.2. The number of halogens is 1. The molecule has 0 saturated heterocycles. The van der Waals surface area contributed by atoms with Crippen LogP contribution in [0.1, 0.15) is 10.4 Å². The van der Waals surface area contributed by atoms with E-state index < -0.39 is 0 Å². The summed E-state index contributed by atoms with van der Waals surface area (Å²) in [6, 6.07) is 2.67. The lowest BCUT2D eigenvalue weighted by atomic mass is 10.2. The smallest absolute Gasteiger partial charge is 0.157 e. The third-order valence-corrected chi connectivity index (χ3v) is 1.68. The molecule has 1 aromatic carbocycles. The van der Waals surface area contributed by atoms with Gasteiger partial charge in [0, 0.05) is 4.47 Å². The van der Waals surface area contributed by atoms with Crippen LogP contribution in [0, 0.1) is 0 Å². The molecule has 0 radical (unpaired) electrons. The second kappa shape index (κ2) is 2.92. The van der Waals surface area contributed by atoms with Gasteiger partial charge < -0.3 is 10.2 Å². The van der Waals surface area contributed by atoms with Gasteiger partial charge in [-0.1, -0.05) is 15.9 Å². The van der Waals surface area contributed by atoms with Crippen LogP contribution in [0.25, 0.3) is 0 Å². The topological polar surface area (TPSA) is 57.5 Å². The number of rotatable bonds is 1. The fraction of sp³-hybridized carbons (Fsp3) is 0. The molecule has 0 bridgehead atoms. The molecule has 0 aliphatic carbocycles. The molecule has 0 unspecified atom stereocenters. The van der Waals surface area contributed by atoms with Crippen LogP contribution in [0.4, 0.5) is 0 Å². The van der Waals surface area contributed by atoms with Crippen LogP contribution in [0.5, 0.6) is 11.5 Å². The van der Waals surface area contributed by atoms with Crippen molar-refractivity contribution in [1.29, 1.82) is 0 Å². The van der Waals surface area contributed by atoms with Crippen LogP contribution in [0.2, 0.25) is 0 Å². The third-order valence-electron chi connectivity index (χ3n) is 1.22. The van der Waals surface area contributed by atoms with Gasteiger partial charge in [-0.3, -0.25) is 4.79 Å². The van der Waals surface area contributed by atoms with Crippen molar-refractivity contribution in [3.05, 3.63) is 22.2 Å². The molecular formula is C7H5BrO3. The summed E-state index contributed by atoms with van der Waals surface area (Å²) in [6.45, 7) is 0. The Morgan fingerprint density at radius 2 is 1.73 bits per heavy atom. The van der Waals surface area contributed by atoms with Gasteiger partial charge in [0.05, 0.1) is 5.56 Å². The first-order valence-corrected chi connectivity index (χ1v) is 3.61. The first kappa shape index (κ1) is 8.07. The van der Waals surface area contributed by atoms with E-state index in [4.69, 9.17) is 10.2 Å². The number of aldehydes is 1. The summed E-state index contributed by atoms with van der Waals surface area (Å²) in [5, 5.41) is 18.1. The van der Waals surface area contributed by atoms with Gasteiger partial charge in [-0.2, -0.15) is 0 Å². The summed E-state index contributed by atoms with van der Waals surface area (Å²) in [6.07, 6.45) is 0.400. The molecule has 0 atom stereocenters. The van der Waals surface area contributed by atoms with Crippen molar-refractivity contribution >= 4 is 22.2 Å². The number of phenolic OH excluding ortho intramolecular Hbond substituents is 2. The van der Waals surface area contributed by atoms with Gasteiger partial charge in [-0.05, 0) is 12.1 Å². The van der Waals surface area contributed by atoms with E-state index in [1.54, 1.807) is 0 Å². The summed E-state index contributed by atoms with van der Waals surface area (Å²) < 4.78 is 0.526. The average Bonchev–Trinajstić information content (AvgIpc) is 1.85. The zero-order valence-electron chi connectivity index (χ0n) is 5.41. The van der Waals surface area contributed by atoms with Gasteiger partial charge in [0.25, 0.3) is 0 Å². The van der Waals surface area contributed by atoms with Gasteiger partial charge >= 0.3 is 0 Å². The lowest BCUT2D eigenvalue weighted by Crippen LogP contribution is -1.82. The summed E-state index contributed by atoms with van der Waals surface area (Å²) in [5.74, 6) is -0.459. The van der Waals surface area contributed by atoms with E-state index in [1.165, 1.54) is 12.1 Å². The first-order valence-electron chi connectivity index (χ1n) is 2.82. The second-order valence-electron chi connectivity index (χ2n) is 1.98. The molecule has 11 heavy (non-hydrogen) atoms. The molecule has 0 spiro atoms. The fourth-order valence-corrected chi connectivity index (χ4v) is 1.14. The average molecular weight is 217 g/mol. The highest BCUT2D eigenvalue weighted by molar-refractivity contribution is 9.10. The highest BCUT2D eigenvalue weighted by Gasteiger charge is 2.06. The standard InChI is InChI=1S/C7H5BrO3/c8-4-1-6(10)5(3-9)7(11)2-4/h1-3,10-11H. The van der Waals surface area contributed by atoms with Crippen molar-refractivity contribution in [3.8, 4) is 11.5 Å². The molecule has 0 aromatic heterocycles. The molecule has 4 heteroatoms. The highest BCUT2D eigenvalue weighted by Crippen LogP contribution is 2.29. The van der Waals surface area contributed by atoms with E-state index in [2.05, 4.69) is 15.9 Å². The minimum Gasteiger partial charge on any atom is -0.507 e. The third kappa shape index (κ3) is 1.51. The Labute approximate surface area is 71.4 Å². The van der Waals surface area contributed by atoms with Gasteiger partial charge in [0.2, 0.25) is 0 Å². The quantitative estimate of drug-likeness (QED) is 0.703. The molecule has 1 aromatic rings. The Hall–Kier alpha value is -1.03. The van der Waals surface area contributed by atoms with Crippen LogP contribution in [-0.2, 0) is 0 Å². The van der Waals surface area contributed by atoms with Crippen LogP contribution in [0.3, 0.4) is 0 Å². The van der Waals surface area contributed by atoms with E-state index in [0.717, 1.165) is 0 Å². The number of aromatic hydroxyl groups is 2. The number of carbonyl (C=O) groups excluding carboxylic acids is 1. The van der Waals surface area contributed by atoms with Gasteiger partial charge in [-0.15, -0.1) is 0 Å². The maximum absolute atomic E-state index is 10.2. The Morgan fingerprint density at radius 3 is 2.09 bits per heavy atom. The fourth-order valence-electron chi connectivity index (χ4n) is 0.710. The van der Waals surface area contributed by atoms with Crippen molar-refractivity contribution in [2.45, 2.75) is 0 Å². The van der Waals surface area contributed by atoms with Crippen molar-refractivity contribution in [3.63, 3.8) is 0 Å². The van der Waals surface area contributed by atoms with Crippen LogP contribution in [-0.4, -0.2) is 16.5 Å². The number of benzene rings is 1. The molecule has 0 fully saturated rings. The normalized spacial score (nSPS) is 9.55. The lowest BCUT2D eigenvalue weighted by Gasteiger charge is -2.00. The van der Waals surface area contributed by atoms with Crippen molar-refractivity contribution in [2.75, 3.05) is 0 Å². The summed E-state index contributed by atoms with van der Waals surface area (Å²) in [7, 11) is 0. The Kier molecular flexibility index (Phi) is 2.14. The molecule has 0 heterocycles. The van der Waals surface area contributed by atoms with Gasteiger partial charge in [0.1, 0.15) is 11.5 Å². The van der Waals surface area contributed by atoms with E-state index in [0.29, 0.717) is 10.8 Å².